The van der Waals surface area contributed by atoms with Crippen LogP contribution in [0.5, 0.6) is 0 Å². The number of nitrogens with one attached hydrogen (secondary N) is 1. The van der Waals surface area contributed by atoms with Gasteiger partial charge in [0.25, 0.3) is 5.91 Å². The Morgan fingerprint density at radius 1 is 1.24 bits per heavy atom. The molecule has 1 unspecified atom stereocenters. The number of aliphatic hydroxyl groups is 1. The lowest BCUT2D eigenvalue weighted by Crippen LogP contribution is -2.46. The Morgan fingerprint density at radius 3 is 2.64 bits per heavy atom. The third kappa shape index (κ3) is 4.72. The lowest BCUT2D eigenvalue weighted by Gasteiger charge is -2.39. The van der Waals surface area contributed by atoms with E-state index in [1.165, 1.54) is 6.33 Å². The number of hydrogen-bond donors (Lipinski definition) is 2. The minimum atomic E-state index is -2.03. The molecule has 0 aliphatic carbocycles. The molecule has 1 aliphatic rings. The first-order valence-corrected chi connectivity index (χ1v) is 14.1. The molecule has 9 heteroatoms. The van der Waals surface area contributed by atoms with Crippen molar-refractivity contribution in [1.82, 2.24) is 14.5 Å². The molecule has 1 saturated heterocycles. The number of ether oxygens (including phenoxy) is 1. The molecule has 0 saturated carbocycles. The molecule has 1 fully saturated rings. The predicted molar refractivity (Wildman–Crippen MR) is 130 cm³/mol. The molecule has 8 nitrogen and oxygen atoms in total. The predicted octanol–water partition coefficient (Wildman–Crippen LogP) is 4.35. The first kappa shape index (κ1) is 23.6. The molecule has 1 amide bonds. The second-order valence-corrected chi connectivity index (χ2v) is 14.7. The van der Waals surface area contributed by atoms with Gasteiger partial charge in [-0.05, 0) is 36.3 Å². The Labute approximate surface area is 195 Å². The molecule has 0 bridgehead atoms. The summed E-state index contributed by atoms with van der Waals surface area (Å²) < 4.78 is 14.7. The van der Waals surface area contributed by atoms with E-state index >= 15 is 0 Å². The van der Waals surface area contributed by atoms with Crippen LogP contribution in [0.4, 0.5) is 5.82 Å². The molecule has 1 aliphatic heterocycles. The number of hydrogen-bond acceptors (Lipinski definition) is 6. The summed E-state index contributed by atoms with van der Waals surface area (Å²) in [5, 5.41) is 13.6. The SMILES string of the molecule is CC(C)(C)[Si](C)(C)OC1C[C@H](n2ccc3c(NC(=O)c4ccccc4)ncnc32)O[C@@H]1CO. The van der Waals surface area contributed by atoms with Gasteiger partial charge in [0.15, 0.2) is 8.32 Å². The summed E-state index contributed by atoms with van der Waals surface area (Å²) in [4.78, 5) is 21.3. The Balaban J connectivity index is 1.57. The minimum absolute atomic E-state index is 0.0598. The molecule has 2 aromatic heterocycles. The number of rotatable bonds is 6. The smallest absolute Gasteiger partial charge is 0.256 e. The molecule has 176 valence electrons. The van der Waals surface area contributed by atoms with Crippen molar-refractivity contribution >= 4 is 31.1 Å². The van der Waals surface area contributed by atoms with E-state index in [1.807, 2.05) is 35.0 Å². The van der Waals surface area contributed by atoms with E-state index in [-0.39, 0.29) is 29.9 Å². The van der Waals surface area contributed by atoms with Gasteiger partial charge in [-0.25, -0.2) is 9.97 Å². The van der Waals surface area contributed by atoms with Gasteiger partial charge in [-0.1, -0.05) is 39.0 Å². The first-order chi connectivity index (χ1) is 15.6. The zero-order valence-corrected chi connectivity index (χ0v) is 20.8. The number of carbonyl (C=O) groups excluding carboxylic acids is 1. The number of anilines is 1. The number of aliphatic hydroxyl groups excluding tert-OH is 1. The molecule has 3 atom stereocenters. The van der Waals surface area contributed by atoms with Gasteiger partial charge in [0.1, 0.15) is 30.1 Å². The van der Waals surface area contributed by atoms with Crippen molar-refractivity contribution < 1.29 is 19.1 Å². The summed E-state index contributed by atoms with van der Waals surface area (Å²) in [6, 6.07) is 10.9. The quantitative estimate of drug-likeness (QED) is 0.522. The highest BCUT2D eigenvalue weighted by Gasteiger charge is 2.45. The van der Waals surface area contributed by atoms with Crippen LogP contribution in [0.25, 0.3) is 11.0 Å². The topological polar surface area (TPSA) is 98.5 Å². The van der Waals surface area contributed by atoms with Crippen molar-refractivity contribution in [2.24, 2.45) is 0 Å². The fraction of sp³-hybridized carbons (Fsp3) is 0.458. The highest BCUT2D eigenvalue weighted by atomic mass is 28.4. The number of aromatic nitrogens is 3. The molecular weight excluding hydrogens is 436 g/mol. The van der Waals surface area contributed by atoms with E-state index in [0.717, 1.165) is 5.39 Å². The molecule has 33 heavy (non-hydrogen) atoms. The van der Waals surface area contributed by atoms with Crippen molar-refractivity contribution in [3.63, 3.8) is 0 Å². The van der Waals surface area contributed by atoms with E-state index < -0.39 is 14.4 Å². The molecule has 0 spiro atoms. The Kier molecular flexibility index (Phi) is 6.41. The van der Waals surface area contributed by atoms with Gasteiger partial charge in [-0.3, -0.25) is 4.79 Å². The largest absolute Gasteiger partial charge is 0.411 e. The van der Waals surface area contributed by atoms with Crippen molar-refractivity contribution in [3.8, 4) is 0 Å². The average Bonchev–Trinajstić information content (AvgIpc) is 3.37. The normalized spacial score (nSPS) is 21.5. The van der Waals surface area contributed by atoms with Crippen LogP contribution in [0, 0.1) is 0 Å². The monoisotopic (exact) mass is 468 g/mol. The molecule has 0 radical (unpaired) electrons. The summed E-state index contributed by atoms with van der Waals surface area (Å²) in [6.45, 7) is 10.9. The minimum Gasteiger partial charge on any atom is -0.411 e. The fourth-order valence-corrected chi connectivity index (χ4v) is 5.15. The van der Waals surface area contributed by atoms with Gasteiger partial charge < -0.3 is 24.2 Å². The van der Waals surface area contributed by atoms with Crippen LogP contribution in [0.15, 0.2) is 48.9 Å². The zero-order valence-electron chi connectivity index (χ0n) is 19.8. The lowest BCUT2D eigenvalue weighted by atomic mass is 10.2. The summed E-state index contributed by atoms with van der Waals surface area (Å²) >= 11 is 0. The lowest BCUT2D eigenvalue weighted by molar-refractivity contribution is -0.0408. The third-order valence-corrected chi connectivity index (χ3v) is 11.2. The summed E-state index contributed by atoms with van der Waals surface area (Å²) in [5.74, 6) is 0.210. The first-order valence-electron chi connectivity index (χ1n) is 11.2. The van der Waals surface area contributed by atoms with Crippen LogP contribution in [0.2, 0.25) is 18.1 Å². The van der Waals surface area contributed by atoms with Crippen molar-refractivity contribution in [2.75, 3.05) is 11.9 Å². The van der Waals surface area contributed by atoms with Gasteiger partial charge in [-0.15, -0.1) is 0 Å². The Morgan fingerprint density at radius 2 is 1.97 bits per heavy atom. The van der Waals surface area contributed by atoms with Crippen LogP contribution in [-0.2, 0) is 9.16 Å². The van der Waals surface area contributed by atoms with E-state index in [2.05, 4.69) is 49.1 Å². The van der Waals surface area contributed by atoms with Crippen LogP contribution in [-0.4, -0.2) is 52.7 Å². The van der Waals surface area contributed by atoms with Crippen LogP contribution < -0.4 is 5.32 Å². The third-order valence-electron chi connectivity index (χ3n) is 6.70. The van der Waals surface area contributed by atoms with Gasteiger partial charge in [-0.2, -0.15) is 0 Å². The van der Waals surface area contributed by atoms with Gasteiger partial charge in [0.05, 0.1) is 18.1 Å². The van der Waals surface area contributed by atoms with Crippen molar-refractivity contribution in [2.45, 2.75) is 63.8 Å². The molecule has 3 aromatic rings. The Bertz CT molecular complexity index is 1130. The summed E-state index contributed by atoms with van der Waals surface area (Å²) in [7, 11) is -2.03. The second kappa shape index (κ2) is 8.98. The number of fused-ring (bicyclic) bond motifs is 1. The van der Waals surface area contributed by atoms with Gasteiger partial charge in [0.2, 0.25) is 0 Å². The highest BCUT2D eigenvalue weighted by Crippen LogP contribution is 2.41. The maximum Gasteiger partial charge on any atom is 0.256 e. The summed E-state index contributed by atoms with van der Waals surface area (Å²) in [6.07, 6.45) is 2.99. The fourth-order valence-electron chi connectivity index (χ4n) is 3.79. The average molecular weight is 469 g/mol. The van der Waals surface area contributed by atoms with E-state index in [1.54, 1.807) is 12.1 Å². The van der Waals surface area contributed by atoms with E-state index in [9.17, 15) is 9.90 Å². The van der Waals surface area contributed by atoms with Gasteiger partial charge >= 0.3 is 0 Å². The standard InChI is InChI=1S/C24H32N4O4Si/c1-24(2,3)33(4,5)32-18-13-20(31-19(18)14-29)28-12-11-17-21(25-15-26-22(17)28)27-23(30)16-9-7-6-8-10-16/h6-12,15,18-20,29H,13-14H2,1-5H3,(H,25,26,27,30)/t18?,19-,20-/m1/s1. The molecule has 1 aromatic carbocycles. The molecule has 4 rings (SSSR count). The maximum atomic E-state index is 12.6. The molecule has 3 heterocycles. The number of benzene rings is 1. The molecular formula is C24H32N4O4Si. The van der Waals surface area contributed by atoms with E-state index in [4.69, 9.17) is 9.16 Å². The number of amides is 1. The maximum absolute atomic E-state index is 12.6. The number of carbonyl (C=O) groups is 1. The van der Waals surface area contributed by atoms with Crippen LogP contribution >= 0.6 is 0 Å². The summed E-state index contributed by atoms with van der Waals surface area (Å²) in [5.41, 5.74) is 1.21. The van der Waals surface area contributed by atoms with Gasteiger partial charge in [0, 0.05) is 18.2 Å². The number of nitrogens with zero attached hydrogens (tertiary/aromatic N) is 3. The van der Waals surface area contributed by atoms with Crippen LogP contribution in [0.1, 0.15) is 43.8 Å². The van der Waals surface area contributed by atoms with E-state index in [0.29, 0.717) is 23.4 Å². The van der Waals surface area contributed by atoms with Crippen molar-refractivity contribution in [3.05, 3.63) is 54.5 Å². The Hall–Kier alpha value is -2.59. The van der Waals surface area contributed by atoms with Crippen LogP contribution in [0.3, 0.4) is 0 Å². The zero-order chi connectivity index (χ0) is 23.8. The van der Waals surface area contributed by atoms with Crippen molar-refractivity contribution in [1.29, 1.82) is 0 Å². The second-order valence-electron chi connectivity index (χ2n) is 9.97. The molecule has 2 N–H and O–H groups in total. The highest BCUT2D eigenvalue weighted by molar-refractivity contribution is 6.74.